The van der Waals surface area contributed by atoms with Gasteiger partial charge in [-0.05, 0) is 10.1 Å². The Balaban J connectivity index is 5.81. The summed E-state index contributed by atoms with van der Waals surface area (Å²) in [5, 5.41) is 0.458. The fourth-order valence-electron chi connectivity index (χ4n) is 1.21. The van der Waals surface area contributed by atoms with Crippen LogP contribution in [0.1, 0.15) is 41.5 Å². The topological polar surface area (TPSA) is 0 Å². The summed E-state index contributed by atoms with van der Waals surface area (Å²) in [6, 6.07) is 0. The van der Waals surface area contributed by atoms with Crippen molar-refractivity contribution in [1.29, 1.82) is 0 Å². The van der Waals surface area contributed by atoms with Gasteiger partial charge in [-0.15, -0.1) is 0 Å². The maximum Gasteiger partial charge on any atom is 0.102 e. The Hall–Kier alpha value is 0.754. The lowest BCUT2D eigenvalue weighted by Gasteiger charge is -2.42. The third kappa shape index (κ3) is 3.44. The van der Waals surface area contributed by atoms with Crippen molar-refractivity contribution in [2.75, 3.05) is 0 Å². The van der Waals surface area contributed by atoms with Gasteiger partial charge in [0.15, 0.2) is 0 Å². The van der Waals surface area contributed by atoms with Gasteiger partial charge in [0.2, 0.25) is 0 Å². The first-order chi connectivity index (χ1) is 7.57. The van der Waals surface area contributed by atoms with Crippen LogP contribution in [0, 0.1) is 0 Å². The van der Waals surface area contributed by atoms with Crippen molar-refractivity contribution in [3.63, 3.8) is 0 Å². The zero-order chi connectivity index (χ0) is 15.2. The molecule has 0 fully saturated rings. The summed E-state index contributed by atoms with van der Waals surface area (Å²) in [6.07, 6.45) is 0. The molecule has 0 heterocycles. The first-order valence-corrected chi connectivity index (χ1v) is 13.4. The molecular weight excluding hydrogens is 295 g/mol. The molecule has 4 heteroatoms. The van der Waals surface area contributed by atoms with Crippen LogP contribution in [0.5, 0.6) is 0 Å². The zero-order valence-electron chi connectivity index (χ0n) is 13.8. The van der Waals surface area contributed by atoms with Gasteiger partial charge in [-0.1, -0.05) is 90.9 Å². The van der Waals surface area contributed by atoms with E-state index in [2.05, 4.69) is 67.7 Å². The van der Waals surface area contributed by atoms with E-state index in [0.717, 1.165) is 9.31 Å². The molecule has 0 saturated heterocycles. The van der Waals surface area contributed by atoms with Crippen LogP contribution >= 0.6 is 23.2 Å². The lowest BCUT2D eigenvalue weighted by molar-refractivity contribution is 0.723. The van der Waals surface area contributed by atoms with Crippen LogP contribution in [-0.4, -0.2) is 16.1 Å². The van der Waals surface area contributed by atoms with Crippen molar-refractivity contribution < 1.29 is 0 Å². The van der Waals surface area contributed by atoms with Crippen LogP contribution in [0.25, 0.3) is 0 Å². The molecule has 0 aliphatic heterocycles. The highest BCUT2D eigenvalue weighted by atomic mass is 35.5. The average Bonchev–Trinajstić information content (AvgIpc) is 2.11. The summed E-state index contributed by atoms with van der Waals surface area (Å²) in [5.41, 5.74) is 0. The highest BCUT2D eigenvalue weighted by Crippen LogP contribution is 2.49. The Bertz CT molecular complexity index is 308. The van der Waals surface area contributed by atoms with Gasteiger partial charge in [0.1, 0.15) is 16.1 Å². The van der Waals surface area contributed by atoms with Gasteiger partial charge in [-0.3, -0.25) is 0 Å². The van der Waals surface area contributed by atoms with Crippen molar-refractivity contribution in [3.05, 3.63) is 9.31 Å². The predicted octanol–water partition coefficient (Wildman–Crippen LogP) is 6.77. The molecule has 0 atom stereocenters. The van der Waals surface area contributed by atoms with Gasteiger partial charge in [-0.25, -0.2) is 0 Å². The maximum atomic E-state index is 6.74. The van der Waals surface area contributed by atoms with E-state index < -0.39 is 16.1 Å². The number of rotatable bonds is 2. The first-order valence-electron chi connectivity index (χ1n) is 6.63. The molecule has 0 radical (unpaired) electrons. The minimum Gasteiger partial charge on any atom is -0.0934 e. The predicted molar refractivity (Wildman–Crippen MR) is 93.1 cm³/mol. The quantitative estimate of drug-likeness (QED) is 0.491. The van der Waals surface area contributed by atoms with E-state index in [1.807, 2.05) is 0 Å². The molecule has 0 aromatic heterocycles. The lowest BCUT2D eigenvalue weighted by Crippen LogP contribution is -2.44. The van der Waals surface area contributed by atoms with Crippen LogP contribution in [0.4, 0.5) is 0 Å². The van der Waals surface area contributed by atoms with Crippen LogP contribution in [0.2, 0.25) is 36.3 Å². The summed E-state index contributed by atoms with van der Waals surface area (Å²) in [7, 11) is -3.42. The number of halogens is 2. The van der Waals surface area contributed by atoms with Gasteiger partial charge in [0, 0.05) is 9.31 Å². The van der Waals surface area contributed by atoms with Crippen LogP contribution in [0.15, 0.2) is 9.31 Å². The first kappa shape index (κ1) is 18.8. The molecule has 0 aliphatic carbocycles. The molecular formula is C14H30Cl2Si2. The molecule has 18 heavy (non-hydrogen) atoms. The molecule has 0 aromatic rings. The Morgan fingerprint density at radius 1 is 0.611 bits per heavy atom. The van der Waals surface area contributed by atoms with Crippen LogP contribution in [0.3, 0.4) is 0 Å². The Morgan fingerprint density at radius 2 is 0.778 bits per heavy atom. The minimum absolute atomic E-state index is 0.229. The highest BCUT2D eigenvalue weighted by Gasteiger charge is 2.45. The smallest absolute Gasteiger partial charge is 0.0934 e. The van der Waals surface area contributed by atoms with Crippen molar-refractivity contribution >= 4 is 39.3 Å². The van der Waals surface area contributed by atoms with E-state index in [1.54, 1.807) is 0 Å². The van der Waals surface area contributed by atoms with E-state index in [4.69, 9.17) is 23.2 Å². The van der Waals surface area contributed by atoms with Crippen LogP contribution < -0.4 is 0 Å². The second-order valence-electron chi connectivity index (χ2n) is 8.38. The van der Waals surface area contributed by atoms with E-state index in [9.17, 15) is 0 Å². The van der Waals surface area contributed by atoms with Gasteiger partial charge in [0.25, 0.3) is 0 Å². The molecule has 0 unspecified atom stereocenters. The Labute approximate surface area is 126 Å². The number of hydrogen-bond donors (Lipinski definition) is 0. The molecule has 0 aliphatic rings. The van der Waals surface area contributed by atoms with E-state index in [-0.39, 0.29) is 10.1 Å². The summed E-state index contributed by atoms with van der Waals surface area (Å²) >= 11 is 13.5. The fraction of sp³-hybridized carbons (Fsp3) is 0.857. The largest absolute Gasteiger partial charge is 0.102 e. The molecule has 0 aromatic carbocycles. The zero-order valence-corrected chi connectivity index (χ0v) is 17.3. The van der Waals surface area contributed by atoms with Gasteiger partial charge in [-0.2, -0.15) is 0 Å². The number of hydrogen-bond acceptors (Lipinski definition) is 0. The SMILES string of the molecule is CC(C)(C)[Si](C)(C)/C(Cl)=C(\Cl)[Si](C)(C)C(C)(C)C. The molecule has 108 valence electrons. The van der Waals surface area contributed by atoms with Crippen LogP contribution in [-0.2, 0) is 0 Å². The Kier molecular flexibility index (Phi) is 5.49. The molecule has 0 amide bonds. The van der Waals surface area contributed by atoms with Gasteiger partial charge >= 0.3 is 0 Å². The van der Waals surface area contributed by atoms with Gasteiger partial charge in [0.05, 0.1) is 0 Å². The van der Waals surface area contributed by atoms with Crippen molar-refractivity contribution in [3.8, 4) is 0 Å². The summed E-state index contributed by atoms with van der Waals surface area (Å²) in [5.74, 6) is 0. The second kappa shape index (κ2) is 5.27. The molecule has 0 bridgehead atoms. The van der Waals surface area contributed by atoms with E-state index >= 15 is 0 Å². The summed E-state index contributed by atoms with van der Waals surface area (Å²) < 4.78 is 1.98. The van der Waals surface area contributed by atoms with Crippen molar-refractivity contribution in [2.45, 2.75) is 77.8 Å². The normalized spacial score (nSPS) is 16.7. The molecule has 0 N–H and O–H groups in total. The van der Waals surface area contributed by atoms with Gasteiger partial charge < -0.3 is 0 Å². The molecule has 0 rings (SSSR count). The van der Waals surface area contributed by atoms with Crippen molar-refractivity contribution in [1.82, 2.24) is 0 Å². The second-order valence-corrected chi connectivity index (χ2v) is 20.3. The summed E-state index contributed by atoms with van der Waals surface area (Å²) in [6.45, 7) is 22.9. The molecule has 0 saturated carbocycles. The van der Waals surface area contributed by atoms with E-state index in [1.165, 1.54) is 0 Å². The lowest BCUT2D eigenvalue weighted by atomic mass is 10.2. The standard InChI is InChI=1S/C14H30Cl2Si2/c1-13(2,3)17(7,8)11(15)12(16)18(9,10)14(4,5)6/h1-10H3/b12-11+. The maximum absolute atomic E-state index is 6.74. The van der Waals surface area contributed by atoms with E-state index in [0.29, 0.717) is 0 Å². The average molecular weight is 325 g/mol. The fourth-order valence-corrected chi connectivity index (χ4v) is 8.61. The Morgan fingerprint density at radius 3 is 0.889 bits per heavy atom. The highest BCUT2D eigenvalue weighted by molar-refractivity contribution is 7.02. The van der Waals surface area contributed by atoms with Crippen molar-refractivity contribution in [2.24, 2.45) is 0 Å². The monoisotopic (exact) mass is 324 g/mol. The summed E-state index contributed by atoms with van der Waals surface area (Å²) in [4.78, 5) is 0. The third-order valence-electron chi connectivity index (χ3n) is 5.04. The molecule has 0 nitrogen and oxygen atoms in total. The third-order valence-corrected chi connectivity index (χ3v) is 19.1. The molecule has 0 spiro atoms. The minimum atomic E-state index is -1.71.